The molecule has 0 aliphatic rings. The van der Waals surface area contributed by atoms with Crippen LogP contribution in [0.5, 0.6) is 0 Å². The van der Waals surface area contributed by atoms with Crippen molar-refractivity contribution < 1.29 is 0 Å². The molecule has 0 saturated carbocycles. The molecule has 0 atom stereocenters. The first-order valence-corrected chi connectivity index (χ1v) is 25.8. The second kappa shape index (κ2) is 18.3. The summed E-state index contributed by atoms with van der Waals surface area (Å²) in [5.41, 5.74) is 26.8. The van der Waals surface area contributed by atoms with Gasteiger partial charge in [0.25, 0.3) is 0 Å². The Labute approximate surface area is 444 Å². The summed E-state index contributed by atoms with van der Waals surface area (Å²) in [6, 6.07) is 70.0. The molecule has 362 valence electrons. The van der Waals surface area contributed by atoms with Gasteiger partial charge in [-0.1, -0.05) is 119 Å². The number of aryl methyl sites for hydroxylation is 8. The van der Waals surface area contributed by atoms with E-state index in [2.05, 4.69) is 228 Å². The molecular formula is C71H53N5. The lowest BCUT2D eigenvalue weighted by atomic mass is 9.95. The minimum Gasteiger partial charge on any atom is -0.308 e. The van der Waals surface area contributed by atoms with Crippen LogP contribution in [-0.4, -0.2) is 9.13 Å². The molecule has 0 fully saturated rings. The highest BCUT2D eigenvalue weighted by Gasteiger charge is 2.26. The van der Waals surface area contributed by atoms with Crippen LogP contribution in [0.2, 0.25) is 0 Å². The topological polar surface area (TPSA) is 81.2 Å². The molecule has 0 unspecified atom stereocenters. The Morgan fingerprint density at radius 2 is 0.553 bits per heavy atom. The highest BCUT2D eigenvalue weighted by atomic mass is 15.0. The van der Waals surface area contributed by atoms with Gasteiger partial charge < -0.3 is 9.13 Å². The fourth-order valence-electron chi connectivity index (χ4n) is 12.0. The Kier molecular flexibility index (Phi) is 11.4. The molecular weight excluding hydrogens is 923 g/mol. The van der Waals surface area contributed by atoms with E-state index in [9.17, 15) is 15.8 Å². The van der Waals surface area contributed by atoms with Gasteiger partial charge in [-0.25, -0.2) is 0 Å². The molecule has 10 aromatic carbocycles. The molecule has 0 saturated heterocycles. The van der Waals surface area contributed by atoms with E-state index in [0.29, 0.717) is 22.3 Å². The Balaban J connectivity index is 1.22. The van der Waals surface area contributed by atoms with Crippen molar-refractivity contribution in [1.29, 1.82) is 15.8 Å². The first kappa shape index (κ1) is 47.3. The van der Waals surface area contributed by atoms with Crippen molar-refractivity contribution >= 4 is 43.6 Å². The Morgan fingerprint density at radius 1 is 0.276 bits per heavy atom. The first-order valence-electron chi connectivity index (χ1n) is 25.8. The van der Waals surface area contributed by atoms with E-state index in [1.807, 2.05) is 24.3 Å². The molecule has 0 aliphatic heterocycles. The standard InChI is InChI=1S/C71H53N5/c1-41-9-17-57(45(5)25-41)52-13-21-65-61(34-52)62-35-53(58-18-10-42(2)26-46(58)6)14-22-66(62)75(65)69-32-51(40-74)33-70(71(69)56-30-49(38-72)29-50(31-56)39-73)76-67-23-15-54(59-19-11-43(3)27-47(59)7)36-63(67)64-37-55(16-24-68(64)76)60-20-12-44(4)28-48(60)8/h9-37H,1-8H3. The third-order valence-corrected chi connectivity index (χ3v) is 15.5. The maximum Gasteiger partial charge on any atom is 0.0993 e. The second-order valence-electron chi connectivity index (χ2n) is 20.9. The molecule has 76 heavy (non-hydrogen) atoms. The van der Waals surface area contributed by atoms with E-state index in [0.717, 1.165) is 82.8 Å². The molecule has 0 amide bonds. The Hall–Kier alpha value is -9.73. The van der Waals surface area contributed by atoms with Crippen molar-refractivity contribution in [2.24, 2.45) is 0 Å². The van der Waals surface area contributed by atoms with Crippen molar-refractivity contribution in [1.82, 2.24) is 9.13 Å². The number of hydrogen-bond acceptors (Lipinski definition) is 3. The van der Waals surface area contributed by atoms with Crippen LogP contribution in [-0.2, 0) is 0 Å². The first-order chi connectivity index (χ1) is 36.8. The molecule has 0 bridgehead atoms. The lowest BCUT2D eigenvalue weighted by molar-refractivity contribution is 1.13. The predicted octanol–water partition coefficient (Wildman–Crippen LogP) is 18.3. The summed E-state index contributed by atoms with van der Waals surface area (Å²) < 4.78 is 4.58. The molecule has 0 aliphatic carbocycles. The van der Waals surface area contributed by atoms with Gasteiger partial charge in [0.05, 0.1) is 68.3 Å². The van der Waals surface area contributed by atoms with E-state index in [1.165, 1.54) is 66.8 Å². The number of rotatable bonds is 7. The summed E-state index contributed by atoms with van der Waals surface area (Å²) in [7, 11) is 0. The zero-order chi connectivity index (χ0) is 52.7. The van der Waals surface area contributed by atoms with E-state index in [1.54, 1.807) is 6.07 Å². The van der Waals surface area contributed by atoms with Crippen LogP contribution in [0.3, 0.4) is 0 Å². The molecule has 12 aromatic rings. The number of fused-ring (bicyclic) bond motifs is 6. The van der Waals surface area contributed by atoms with E-state index >= 15 is 0 Å². The van der Waals surface area contributed by atoms with Crippen LogP contribution in [0.1, 0.15) is 61.2 Å². The van der Waals surface area contributed by atoms with E-state index in [4.69, 9.17) is 0 Å². The van der Waals surface area contributed by atoms with Crippen molar-refractivity contribution in [2.45, 2.75) is 55.4 Å². The van der Waals surface area contributed by atoms with Gasteiger partial charge in [0, 0.05) is 27.1 Å². The van der Waals surface area contributed by atoms with Gasteiger partial charge in [0.15, 0.2) is 0 Å². The SMILES string of the molecule is Cc1ccc(-c2ccc3c(c2)c2cc(-c4ccc(C)cc4C)ccc2n3-c2cc(C#N)cc(-n3c4ccc(-c5ccc(C)cc5C)cc4c4cc(-c5ccc(C)cc5C)ccc43)c2-c2cc(C#N)cc(C#N)c2)c(C)c1. The fraction of sp³-hybridized carbons (Fsp3) is 0.113. The smallest absolute Gasteiger partial charge is 0.0993 e. The lowest BCUT2D eigenvalue weighted by Crippen LogP contribution is -2.05. The van der Waals surface area contributed by atoms with Gasteiger partial charge in [0.2, 0.25) is 0 Å². The van der Waals surface area contributed by atoms with Gasteiger partial charge in [-0.05, 0) is 207 Å². The third-order valence-electron chi connectivity index (χ3n) is 15.5. The quantitative estimate of drug-likeness (QED) is 0.160. The number of nitrogens with zero attached hydrogens (tertiary/aromatic N) is 5. The maximum absolute atomic E-state index is 11.2. The van der Waals surface area contributed by atoms with E-state index in [-0.39, 0.29) is 0 Å². The highest BCUT2D eigenvalue weighted by Crippen LogP contribution is 2.46. The second-order valence-corrected chi connectivity index (χ2v) is 20.9. The lowest BCUT2D eigenvalue weighted by Gasteiger charge is -2.21. The summed E-state index contributed by atoms with van der Waals surface area (Å²) in [5, 5.41) is 36.7. The van der Waals surface area contributed by atoms with Crippen LogP contribution >= 0.6 is 0 Å². The van der Waals surface area contributed by atoms with Crippen molar-refractivity contribution in [2.75, 3.05) is 0 Å². The molecule has 0 spiro atoms. The number of aromatic nitrogens is 2. The van der Waals surface area contributed by atoms with Crippen molar-refractivity contribution in [3.05, 3.63) is 237 Å². The maximum atomic E-state index is 11.2. The summed E-state index contributed by atoms with van der Waals surface area (Å²) in [4.78, 5) is 0. The van der Waals surface area contributed by atoms with Crippen molar-refractivity contribution in [3.8, 4) is 85.2 Å². The predicted molar refractivity (Wildman–Crippen MR) is 314 cm³/mol. The summed E-state index contributed by atoms with van der Waals surface area (Å²) in [5.74, 6) is 0. The van der Waals surface area contributed by atoms with Gasteiger partial charge in [-0.2, -0.15) is 15.8 Å². The number of nitriles is 3. The molecule has 0 radical (unpaired) electrons. The van der Waals surface area contributed by atoms with Gasteiger partial charge in [0.1, 0.15) is 0 Å². The molecule has 0 N–H and O–H groups in total. The van der Waals surface area contributed by atoms with E-state index < -0.39 is 0 Å². The molecule has 5 nitrogen and oxygen atoms in total. The van der Waals surface area contributed by atoms with Gasteiger partial charge in [-0.3, -0.25) is 0 Å². The molecule has 2 heterocycles. The molecule has 2 aromatic heterocycles. The zero-order valence-corrected chi connectivity index (χ0v) is 44.0. The third kappa shape index (κ3) is 7.92. The number of hydrogen-bond donors (Lipinski definition) is 0. The normalized spacial score (nSPS) is 11.4. The fourth-order valence-corrected chi connectivity index (χ4v) is 12.0. The molecule has 5 heteroatoms. The Bertz CT molecular complexity index is 4100. The molecule has 12 rings (SSSR count). The van der Waals surface area contributed by atoms with Crippen LogP contribution < -0.4 is 0 Å². The van der Waals surface area contributed by atoms with Crippen LogP contribution in [0.4, 0.5) is 0 Å². The summed E-state index contributed by atoms with van der Waals surface area (Å²) >= 11 is 0. The average Bonchev–Trinajstić information content (AvgIpc) is 3.93. The monoisotopic (exact) mass is 975 g/mol. The zero-order valence-electron chi connectivity index (χ0n) is 44.0. The average molecular weight is 976 g/mol. The van der Waals surface area contributed by atoms with Crippen LogP contribution in [0.25, 0.3) is 111 Å². The van der Waals surface area contributed by atoms with Crippen LogP contribution in [0, 0.1) is 89.4 Å². The highest BCUT2D eigenvalue weighted by molar-refractivity contribution is 6.14. The number of benzene rings is 10. The van der Waals surface area contributed by atoms with Crippen LogP contribution in [0.15, 0.2) is 176 Å². The van der Waals surface area contributed by atoms with Gasteiger partial charge >= 0.3 is 0 Å². The van der Waals surface area contributed by atoms with Crippen molar-refractivity contribution in [3.63, 3.8) is 0 Å². The summed E-state index contributed by atoms with van der Waals surface area (Å²) in [6.07, 6.45) is 0. The minimum atomic E-state index is 0.368. The van der Waals surface area contributed by atoms with Gasteiger partial charge in [-0.15, -0.1) is 0 Å². The summed E-state index contributed by atoms with van der Waals surface area (Å²) in [6.45, 7) is 17.2. The minimum absolute atomic E-state index is 0.368. The largest absolute Gasteiger partial charge is 0.308 e. The Morgan fingerprint density at radius 3 is 0.816 bits per heavy atom.